The molecule has 6 heteroatoms. The summed E-state index contributed by atoms with van der Waals surface area (Å²) in [5.74, 6) is -0.853. The highest BCUT2D eigenvalue weighted by Gasteiger charge is 2.09. The van der Waals surface area contributed by atoms with E-state index >= 15 is 0 Å². The molecule has 0 unspecified atom stereocenters. The average Bonchev–Trinajstić information content (AvgIpc) is 2.84. The minimum atomic E-state index is -0.434. The van der Waals surface area contributed by atoms with Crippen molar-refractivity contribution in [2.24, 2.45) is 7.05 Å². The van der Waals surface area contributed by atoms with Gasteiger partial charge in [-0.05, 0) is 35.7 Å². The number of rotatable bonds is 5. The highest BCUT2D eigenvalue weighted by atomic mass is 19.1. The maximum Gasteiger partial charge on any atom is 0.419 e. The number of carbonyl (C=O) groups is 1. The Balaban J connectivity index is 1.60. The monoisotopic (exact) mass is 328 g/mol. The SMILES string of the molecule is Cn1c(=O)oc2ccc(CC(=O)NCCc3ccccc3F)cc21. The molecule has 24 heavy (non-hydrogen) atoms. The first-order valence-electron chi connectivity index (χ1n) is 7.63. The van der Waals surface area contributed by atoms with Gasteiger partial charge in [0.2, 0.25) is 5.91 Å². The normalized spacial score (nSPS) is 10.9. The Morgan fingerprint density at radius 3 is 2.83 bits per heavy atom. The summed E-state index contributed by atoms with van der Waals surface area (Å²) in [7, 11) is 1.62. The molecule has 0 saturated heterocycles. The third-order valence-electron chi connectivity index (χ3n) is 3.89. The molecule has 1 heterocycles. The Hall–Kier alpha value is -2.89. The largest absolute Gasteiger partial charge is 0.419 e. The number of nitrogens with one attached hydrogen (secondary N) is 1. The van der Waals surface area contributed by atoms with E-state index in [0.717, 1.165) is 5.56 Å². The van der Waals surface area contributed by atoms with Crippen LogP contribution >= 0.6 is 0 Å². The van der Waals surface area contributed by atoms with E-state index in [1.807, 2.05) is 0 Å². The van der Waals surface area contributed by atoms with Crippen molar-refractivity contribution in [1.82, 2.24) is 9.88 Å². The van der Waals surface area contributed by atoms with Crippen molar-refractivity contribution in [2.45, 2.75) is 12.8 Å². The lowest BCUT2D eigenvalue weighted by Crippen LogP contribution is -2.27. The van der Waals surface area contributed by atoms with Crippen molar-refractivity contribution in [2.75, 3.05) is 6.54 Å². The van der Waals surface area contributed by atoms with Crippen LogP contribution in [-0.2, 0) is 24.7 Å². The molecule has 3 aromatic rings. The topological polar surface area (TPSA) is 64.2 Å². The van der Waals surface area contributed by atoms with Crippen LogP contribution in [0, 0.1) is 5.82 Å². The van der Waals surface area contributed by atoms with Crippen LogP contribution in [0.2, 0.25) is 0 Å². The molecule has 124 valence electrons. The maximum absolute atomic E-state index is 13.5. The second kappa shape index (κ2) is 6.70. The molecule has 0 atom stereocenters. The van der Waals surface area contributed by atoms with E-state index < -0.39 is 5.76 Å². The molecule has 2 aromatic carbocycles. The van der Waals surface area contributed by atoms with Gasteiger partial charge in [-0.15, -0.1) is 0 Å². The number of amides is 1. The van der Waals surface area contributed by atoms with Crippen molar-refractivity contribution in [3.63, 3.8) is 0 Å². The first kappa shape index (κ1) is 16.0. The number of fused-ring (bicyclic) bond motifs is 1. The fourth-order valence-electron chi connectivity index (χ4n) is 2.57. The summed E-state index contributed by atoms with van der Waals surface area (Å²) >= 11 is 0. The lowest BCUT2D eigenvalue weighted by atomic mass is 10.1. The Labute approximate surface area is 137 Å². The van der Waals surface area contributed by atoms with E-state index in [1.54, 1.807) is 43.4 Å². The highest BCUT2D eigenvalue weighted by molar-refractivity contribution is 5.81. The van der Waals surface area contributed by atoms with Crippen LogP contribution in [0.5, 0.6) is 0 Å². The molecule has 0 spiro atoms. The number of aryl methyl sites for hydroxylation is 1. The van der Waals surface area contributed by atoms with Gasteiger partial charge in [0.05, 0.1) is 11.9 Å². The van der Waals surface area contributed by atoms with Gasteiger partial charge in [0, 0.05) is 13.6 Å². The van der Waals surface area contributed by atoms with Gasteiger partial charge in [-0.3, -0.25) is 9.36 Å². The van der Waals surface area contributed by atoms with Crippen LogP contribution in [0.15, 0.2) is 51.7 Å². The molecule has 0 aliphatic rings. The zero-order valence-electron chi connectivity index (χ0n) is 13.2. The van der Waals surface area contributed by atoms with Gasteiger partial charge in [-0.2, -0.15) is 0 Å². The third-order valence-corrected chi connectivity index (χ3v) is 3.89. The maximum atomic E-state index is 13.5. The first-order chi connectivity index (χ1) is 11.5. The van der Waals surface area contributed by atoms with Gasteiger partial charge in [-0.1, -0.05) is 24.3 Å². The summed E-state index contributed by atoms with van der Waals surface area (Å²) < 4.78 is 20.0. The molecular weight excluding hydrogens is 311 g/mol. The van der Waals surface area contributed by atoms with Crippen molar-refractivity contribution >= 4 is 17.0 Å². The van der Waals surface area contributed by atoms with Gasteiger partial charge in [0.1, 0.15) is 5.82 Å². The van der Waals surface area contributed by atoms with Crippen molar-refractivity contribution in [1.29, 1.82) is 0 Å². The number of aromatic nitrogens is 1. The van der Waals surface area contributed by atoms with Crippen LogP contribution in [0.25, 0.3) is 11.1 Å². The molecule has 0 radical (unpaired) electrons. The minimum Gasteiger partial charge on any atom is -0.408 e. The Morgan fingerprint density at radius 1 is 1.25 bits per heavy atom. The van der Waals surface area contributed by atoms with Crippen LogP contribution in [0.3, 0.4) is 0 Å². The Kier molecular flexibility index (Phi) is 4.46. The summed E-state index contributed by atoms with van der Waals surface area (Å²) in [5, 5.41) is 2.78. The second-order valence-corrected chi connectivity index (χ2v) is 5.60. The number of carbonyl (C=O) groups excluding carboxylic acids is 1. The Morgan fingerprint density at radius 2 is 2.04 bits per heavy atom. The van der Waals surface area contributed by atoms with Gasteiger partial charge in [-0.25, -0.2) is 9.18 Å². The summed E-state index contributed by atoms with van der Waals surface area (Å²) in [6.45, 7) is 0.367. The first-order valence-corrected chi connectivity index (χ1v) is 7.63. The molecular formula is C18H17FN2O3. The molecule has 1 aromatic heterocycles. The molecule has 0 fully saturated rings. The lowest BCUT2D eigenvalue weighted by molar-refractivity contribution is -0.120. The van der Waals surface area contributed by atoms with Crippen molar-refractivity contribution in [3.05, 3.63) is 70.0 Å². The van der Waals surface area contributed by atoms with E-state index in [0.29, 0.717) is 29.6 Å². The van der Waals surface area contributed by atoms with Crippen LogP contribution in [0.1, 0.15) is 11.1 Å². The molecule has 0 bridgehead atoms. The predicted molar refractivity (Wildman–Crippen MR) is 88.3 cm³/mol. The number of hydrogen-bond donors (Lipinski definition) is 1. The van der Waals surface area contributed by atoms with E-state index in [9.17, 15) is 14.0 Å². The molecule has 0 aliphatic carbocycles. The number of nitrogens with zero attached hydrogens (tertiary/aromatic N) is 1. The summed E-state index contributed by atoms with van der Waals surface area (Å²) in [6.07, 6.45) is 0.625. The van der Waals surface area contributed by atoms with E-state index in [1.165, 1.54) is 10.6 Å². The molecule has 1 amide bonds. The lowest BCUT2D eigenvalue weighted by Gasteiger charge is -2.06. The number of oxazole rings is 1. The quantitative estimate of drug-likeness (QED) is 0.781. The Bertz CT molecular complexity index is 943. The summed E-state index contributed by atoms with van der Waals surface area (Å²) in [6, 6.07) is 11.7. The van der Waals surface area contributed by atoms with Gasteiger partial charge >= 0.3 is 5.76 Å². The highest BCUT2D eigenvalue weighted by Crippen LogP contribution is 2.14. The standard InChI is InChI=1S/C18H17FN2O3/c1-21-15-10-12(6-7-16(15)24-18(21)23)11-17(22)20-9-8-13-4-2-3-5-14(13)19/h2-7,10H,8-9,11H2,1H3,(H,20,22). The van der Waals surface area contributed by atoms with E-state index in [2.05, 4.69) is 5.32 Å². The second-order valence-electron chi connectivity index (χ2n) is 5.60. The van der Waals surface area contributed by atoms with Crippen molar-refractivity contribution in [3.8, 4) is 0 Å². The third kappa shape index (κ3) is 3.37. The van der Waals surface area contributed by atoms with Crippen molar-refractivity contribution < 1.29 is 13.6 Å². The molecule has 0 saturated carbocycles. The minimum absolute atomic E-state index is 0.154. The van der Waals surface area contributed by atoms with Gasteiger partial charge in [0.15, 0.2) is 5.58 Å². The summed E-state index contributed by atoms with van der Waals surface area (Å²) in [4.78, 5) is 23.5. The molecule has 0 aliphatic heterocycles. The van der Waals surface area contributed by atoms with Crippen LogP contribution in [-0.4, -0.2) is 17.0 Å². The van der Waals surface area contributed by atoms with Crippen LogP contribution in [0.4, 0.5) is 4.39 Å². The number of benzene rings is 2. The fourth-order valence-corrected chi connectivity index (χ4v) is 2.57. The van der Waals surface area contributed by atoms with Gasteiger partial charge in [0.25, 0.3) is 0 Å². The average molecular weight is 328 g/mol. The van der Waals surface area contributed by atoms with Gasteiger partial charge < -0.3 is 9.73 Å². The zero-order chi connectivity index (χ0) is 17.1. The predicted octanol–water partition coefficient (Wildman–Crippen LogP) is 2.17. The number of halogens is 1. The zero-order valence-corrected chi connectivity index (χ0v) is 13.2. The van der Waals surface area contributed by atoms with Crippen LogP contribution < -0.4 is 11.1 Å². The van der Waals surface area contributed by atoms with E-state index in [-0.39, 0.29) is 18.1 Å². The molecule has 1 N–H and O–H groups in total. The summed E-state index contributed by atoms with van der Waals surface area (Å²) in [5.41, 5.74) is 2.50. The van der Waals surface area contributed by atoms with E-state index in [4.69, 9.17) is 4.42 Å². The number of hydrogen-bond acceptors (Lipinski definition) is 3. The fraction of sp³-hybridized carbons (Fsp3) is 0.222. The molecule has 3 rings (SSSR count). The smallest absolute Gasteiger partial charge is 0.408 e. The molecule has 5 nitrogen and oxygen atoms in total.